The van der Waals surface area contributed by atoms with E-state index < -0.39 is 0 Å². The number of hydrazone groups is 1. The van der Waals surface area contributed by atoms with E-state index in [1.165, 1.54) is 0 Å². The molecule has 3 rings (SSSR count). The van der Waals surface area contributed by atoms with Crippen LogP contribution >= 0.6 is 0 Å². The maximum atomic E-state index is 9.75. The Bertz CT molecular complexity index is 982. The monoisotopic (exact) mass is 403 g/mol. The third-order valence-electron chi connectivity index (χ3n) is 4.61. The molecule has 3 aromatic rings. The molecule has 0 saturated carbocycles. The van der Waals surface area contributed by atoms with Crippen LogP contribution in [0.15, 0.2) is 89.1 Å². The van der Waals surface area contributed by atoms with Gasteiger partial charge in [-0.1, -0.05) is 47.6 Å². The maximum absolute atomic E-state index is 9.75. The fraction of sp³-hybridized carbons (Fsp3) is 0.167. The van der Waals surface area contributed by atoms with Crippen LogP contribution in [0.25, 0.3) is 0 Å². The van der Waals surface area contributed by atoms with Crippen LogP contribution in [0.3, 0.4) is 0 Å². The minimum absolute atomic E-state index is 0.436. The summed E-state index contributed by atoms with van der Waals surface area (Å²) in [4.78, 5) is 0. The summed E-state index contributed by atoms with van der Waals surface area (Å²) in [6, 6.07) is 25.0. The number of rotatable bonds is 9. The van der Waals surface area contributed by atoms with Gasteiger partial charge < -0.3 is 14.7 Å². The Hall–Kier alpha value is -3.80. The Morgan fingerprint density at radius 2 is 1.23 bits per heavy atom. The Morgan fingerprint density at radius 1 is 0.733 bits per heavy atom. The van der Waals surface area contributed by atoms with Crippen LogP contribution in [0.2, 0.25) is 0 Å². The van der Waals surface area contributed by atoms with Gasteiger partial charge in [0.05, 0.1) is 25.6 Å². The van der Waals surface area contributed by atoms with Crippen molar-refractivity contribution in [2.24, 2.45) is 10.3 Å². The molecule has 6 nitrogen and oxygen atoms in total. The smallest absolute Gasteiger partial charge is 0.118 e. The van der Waals surface area contributed by atoms with E-state index in [9.17, 15) is 5.21 Å². The number of hydrogen-bond donors (Lipinski definition) is 2. The molecule has 0 spiro atoms. The minimum Gasteiger partial charge on any atom is -0.497 e. The van der Waals surface area contributed by atoms with Gasteiger partial charge in [-0.2, -0.15) is 5.10 Å². The van der Waals surface area contributed by atoms with Crippen LogP contribution < -0.4 is 14.9 Å². The number of nitrogens with zero attached hydrogens (tertiary/aromatic N) is 2. The van der Waals surface area contributed by atoms with E-state index in [0.717, 1.165) is 28.3 Å². The highest BCUT2D eigenvalue weighted by Crippen LogP contribution is 2.16. The van der Waals surface area contributed by atoms with Crippen molar-refractivity contribution in [3.8, 4) is 11.5 Å². The van der Waals surface area contributed by atoms with Gasteiger partial charge in [-0.25, -0.2) is 0 Å². The average molecular weight is 403 g/mol. The number of methoxy groups -OCH3 is 2. The summed E-state index contributed by atoms with van der Waals surface area (Å²) in [6.45, 7) is 0. The van der Waals surface area contributed by atoms with Gasteiger partial charge >= 0.3 is 0 Å². The summed E-state index contributed by atoms with van der Waals surface area (Å²) >= 11 is 0. The van der Waals surface area contributed by atoms with Crippen molar-refractivity contribution in [2.45, 2.75) is 12.8 Å². The number of anilines is 1. The van der Waals surface area contributed by atoms with Crippen molar-refractivity contribution in [2.75, 3.05) is 19.6 Å². The zero-order valence-electron chi connectivity index (χ0n) is 17.1. The minimum atomic E-state index is 0.436. The lowest BCUT2D eigenvalue weighted by molar-refractivity contribution is 0.319. The number of nitrogens with one attached hydrogen (secondary N) is 1. The lowest BCUT2D eigenvalue weighted by Crippen LogP contribution is -2.21. The summed E-state index contributed by atoms with van der Waals surface area (Å²) < 4.78 is 10.4. The van der Waals surface area contributed by atoms with E-state index in [-0.39, 0.29) is 0 Å². The Labute approximate surface area is 176 Å². The quantitative estimate of drug-likeness (QED) is 0.306. The van der Waals surface area contributed by atoms with Gasteiger partial charge in [-0.15, -0.1) is 0 Å². The highest BCUT2D eigenvalue weighted by atomic mass is 16.5. The van der Waals surface area contributed by atoms with Crippen molar-refractivity contribution in [1.29, 1.82) is 0 Å². The SMILES string of the molecule is COc1ccc(CC(=N/Nc2ccccc2)/C(Cc2ccc(OC)cc2)=N/O)cc1. The summed E-state index contributed by atoms with van der Waals surface area (Å²) in [5.74, 6) is 1.56. The summed E-state index contributed by atoms with van der Waals surface area (Å²) in [7, 11) is 3.27. The van der Waals surface area contributed by atoms with E-state index in [1.807, 2.05) is 78.9 Å². The molecule has 154 valence electrons. The topological polar surface area (TPSA) is 75.4 Å². The van der Waals surface area contributed by atoms with Crippen molar-refractivity contribution in [3.05, 3.63) is 90.0 Å². The molecule has 0 aliphatic carbocycles. The van der Waals surface area contributed by atoms with Crippen LogP contribution in [0, 0.1) is 0 Å². The first-order valence-corrected chi connectivity index (χ1v) is 9.56. The highest BCUT2D eigenvalue weighted by Gasteiger charge is 2.13. The van der Waals surface area contributed by atoms with Gasteiger partial charge in [0.2, 0.25) is 0 Å². The maximum Gasteiger partial charge on any atom is 0.118 e. The number of oxime groups is 1. The van der Waals surface area contributed by atoms with Gasteiger partial charge in [-0.05, 0) is 47.5 Å². The molecule has 3 aromatic carbocycles. The van der Waals surface area contributed by atoms with Crippen LogP contribution in [0.5, 0.6) is 11.5 Å². The molecule has 0 unspecified atom stereocenters. The lowest BCUT2D eigenvalue weighted by atomic mass is 10.00. The summed E-state index contributed by atoms with van der Waals surface area (Å²) in [6.07, 6.45) is 0.936. The van der Waals surface area contributed by atoms with Crippen molar-refractivity contribution in [3.63, 3.8) is 0 Å². The molecule has 0 aliphatic heterocycles. The standard InChI is InChI=1S/C24H25N3O3/c1-29-21-12-8-18(9-13-21)16-23(26-25-20-6-4-3-5-7-20)24(27-28)17-19-10-14-22(30-2)15-11-19/h3-15,25,28H,16-17H2,1-2H3/b26-23-,27-24+. The largest absolute Gasteiger partial charge is 0.497 e. The first-order valence-electron chi connectivity index (χ1n) is 9.56. The van der Waals surface area contributed by atoms with Crippen molar-refractivity contribution >= 4 is 17.1 Å². The predicted molar refractivity (Wildman–Crippen MR) is 120 cm³/mol. The Morgan fingerprint density at radius 3 is 1.70 bits per heavy atom. The number of benzene rings is 3. The van der Waals surface area contributed by atoms with Gasteiger partial charge in [0.25, 0.3) is 0 Å². The van der Waals surface area contributed by atoms with E-state index >= 15 is 0 Å². The first-order chi connectivity index (χ1) is 14.7. The first kappa shape index (κ1) is 20.9. The lowest BCUT2D eigenvalue weighted by Gasteiger charge is -2.11. The molecule has 0 radical (unpaired) electrons. The number of para-hydroxylation sites is 1. The van der Waals surface area contributed by atoms with Gasteiger partial charge in [0.15, 0.2) is 0 Å². The van der Waals surface area contributed by atoms with Crippen LogP contribution in [-0.4, -0.2) is 30.9 Å². The van der Waals surface area contributed by atoms with Gasteiger partial charge in [0, 0.05) is 12.8 Å². The molecule has 30 heavy (non-hydrogen) atoms. The molecule has 0 atom stereocenters. The molecule has 0 aliphatic rings. The summed E-state index contributed by atoms with van der Waals surface area (Å²) in [5, 5.41) is 17.9. The van der Waals surface area contributed by atoms with Crippen molar-refractivity contribution < 1.29 is 14.7 Å². The fourth-order valence-electron chi connectivity index (χ4n) is 2.92. The van der Waals surface area contributed by atoms with E-state index in [1.54, 1.807) is 14.2 Å². The van der Waals surface area contributed by atoms with Gasteiger partial charge in [0.1, 0.15) is 17.2 Å². The molecule has 0 saturated heterocycles. The zero-order valence-corrected chi connectivity index (χ0v) is 17.1. The molecule has 0 bridgehead atoms. The molecule has 2 N–H and O–H groups in total. The van der Waals surface area contributed by atoms with E-state index in [2.05, 4.69) is 15.7 Å². The predicted octanol–water partition coefficient (Wildman–Crippen LogP) is 4.79. The van der Waals surface area contributed by atoms with E-state index in [4.69, 9.17) is 9.47 Å². The summed E-state index contributed by atoms with van der Waals surface area (Å²) in [5.41, 5.74) is 7.06. The average Bonchev–Trinajstić information content (AvgIpc) is 2.82. The fourth-order valence-corrected chi connectivity index (χ4v) is 2.92. The molecule has 6 heteroatoms. The second-order valence-corrected chi connectivity index (χ2v) is 6.63. The van der Waals surface area contributed by atoms with E-state index in [0.29, 0.717) is 24.3 Å². The second-order valence-electron chi connectivity index (χ2n) is 6.63. The molecular formula is C24H25N3O3. The normalized spacial score (nSPS) is 11.8. The van der Waals surface area contributed by atoms with Crippen LogP contribution in [0.4, 0.5) is 5.69 Å². The molecular weight excluding hydrogens is 378 g/mol. The second kappa shape index (κ2) is 10.7. The van der Waals surface area contributed by atoms with Crippen LogP contribution in [0.1, 0.15) is 11.1 Å². The Balaban J connectivity index is 1.84. The molecule has 0 fully saturated rings. The third kappa shape index (κ3) is 5.85. The zero-order chi connectivity index (χ0) is 21.2. The number of ether oxygens (including phenoxy) is 2. The van der Waals surface area contributed by atoms with Gasteiger partial charge in [-0.3, -0.25) is 5.43 Å². The molecule has 0 aromatic heterocycles. The number of hydrogen-bond acceptors (Lipinski definition) is 6. The Kier molecular flexibility index (Phi) is 7.44. The molecule has 0 amide bonds. The highest BCUT2D eigenvalue weighted by molar-refractivity contribution is 6.43. The third-order valence-corrected chi connectivity index (χ3v) is 4.61. The van der Waals surface area contributed by atoms with Crippen molar-refractivity contribution in [1.82, 2.24) is 0 Å². The molecule has 0 heterocycles. The van der Waals surface area contributed by atoms with Crippen LogP contribution in [-0.2, 0) is 12.8 Å².